The fraction of sp³-hybridized carbons (Fsp3) is 0.286. The van der Waals surface area contributed by atoms with Gasteiger partial charge in [0, 0.05) is 5.39 Å². The molecule has 1 aromatic carbocycles. The van der Waals surface area contributed by atoms with Crippen LogP contribution in [0.4, 0.5) is 0 Å². The van der Waals surface area contributed by atoms with Crippen LogP contribution in [-0.2, 0) is 9.53 Å². The zero-order valence-electron chi connectivity index (χ0n) is 10.8. The lowest BCUT2D eigenvalue weighted by atomic mass is 10.0. The first kappa shape index (κ1) is 13.0. The van der Waals surface area contributed by atoms with E-state index in [-0.39, 0.29) is 6.61 Å². The molecule has 96 valence electrons. The van der Waals surface area contributed by atoms with Gasteiger partial charge in [0.1, 0.15) is 5.82 Å². The Morgan fingerprint density at radius 1 is 1.42 bits per heavy atom. The number of esters is 1. The number of ether oxygens (including phenoxy) is 1. The Morgan fingerprint density at radius 3 is 2.84 bits per heavy atom. The maximum absolute atomic E-state index is 11.8. The van der Waals surface area contributed by atoms with Crippen molar-refractivity contribution < 1.29 is 9.53 Å². The lowest BCUT2D eigenvalue weighted by Gasteiger charge is -2.11. The van der Waals surface area contributed by atoms with Crippen LogP contribution in [0, 0.1) is 18.3 Å². The smallest absolute Gasteiger partial charge is 0.329 e. The van der Waals surface area contributed by atoms with Crippen LogP contribution in [0.15, 0.2) is 24.3 Å². The monoisotopic (exact) mass is 255 g/mol. The number of benzene rings is 1. The maximum atomic E-state index is 11.8. The van der Waals surface area contributed by atoms with Crippen molar-refractivity contribution in [1.82, 2.24) is 9.97 Å². The zero-order valence-corrected chi connectivity index (χ0v) is 10.8. The molecule has 5 heteroatoms. The number of nitriles is 1. The third-order valence-electron chi connectivity index (χ3n) is 2.67. The third kappa shape index (κ3) is 2.52. The van der Waals surface area contributed by atoms with Crippen molar-refractivity contribution in [3.05, 3.63) is 35.8 Å². The lowest BCUT2D eigenvalue weighted by molar-refractivity contribution is -0.143. The molecule has 0 spiro atoms. The van der Waals surface area contributed by atoms with E-state index in [4.69, 9.17) is 4.74 Å². The van der Waals surface area contributed by atoms with Gasteiger partial charge < -0.3 is 4.74 Å². The summed E-state index contributed by atoms with van der Waals surface area (Å²) in [5.41, 5.74) is 1.12. The highest BCUT2D eigenvalue weighted by Crippen LogP contribution is 2.23. The average molecular weight is 255 g/mol. The van der Waals surface area contributed by atoms with Crippen molar-refractivity contribution in [1.29, 1.82) is 5.26 Å². The first-order valence-electron chi connectivity index (χ1n) is 5.97. The molecule has 0 aliphatic heterocycles. The number of rotatable bonds is 3. The molecule has 1 heterocycles. The molecule has 1 aromatic heterocycles. The van der Waals surface area contributed by atoms with Crippen LogP contribution in [0.1, 0.15) is 24.4 Å². The molecule has 0 aliphatic carbocycles. The largest absolute Gasteiger partial charge is 0.465 e. The molecule has 0 radical (unpaired) electrons. The van der Waals surface area contributed by atoms with Gasteiger partial charge in [0.25, 0.3) is 0 Å². The minimum Gasteiger partial charge on any atom is -0.465 e. The van der Waals surface area contributed by atoms with Crippen molar-refractivity contribution in [2.75, 3.05) is 6.61 Å². The van der Waals surface area contributed by atoms with E-state index < -0.39 is 11.9 Å². The van der Waals surface area contributed by atoms with Crippen molar-refractivity contribution >= 4 is 16.9 Å². The predicted octanol–water partition coefficient (Wildman–Crippen LogP) is 2.11. The Labute approximate surface area is 110 Å². The molecule has 2 rings (SSSR count). The van der Waals surface area contributed by atoms with Crippen LogP contribution < -0.4 is 0 Å². The quantitative estimate of drug-likeness (QED) is 0.785. The van der Waals surface area contributed by atoms with Gasteiger partial charge in [-0.1, -0.05) is 18.2 Å². The van der Waals surface area contributed by atoms with Gasteiger partial charge in [-0.15, -0.1) is 0 Å². The van der Waals surface area contributed by atoms with E-state index in [1.807, 2.05) is 24.3 Å². The zero-order chi connectivity index (χ0) is 13.8. The van der Waals surface area contributed by atoms with E-state index in [1.54, 1.807) is 19.9 Å². The number of para-hydroxylation sites is 1. The molecular formula is C14H13N3O2. The molecule has 0 aliphatic rings. The Kier molecular flexibility index (Phi) is 3.71. The van der Waals surface area contributed by atoms with Crippen molar-refractivity contribution in [2.45, 2.75) is 19.8 Å². The van der Waals surface area contributed by atoms with Gasteiger partial charge >= 0.3 is 5.97 Å². The van der Waals surface area contributed by atoms with Crippen molar-refractivity contribution in [3.8, 4) is 6.07 Å². The molecule has 5 nitrogen and oxygen atoms in total. The minimum absolute atomic E-state index is 0.235. The predicted molar refractivity (Wildman–Crippen MR) is 69.3 cm³/mol. The molecule has 0 bridgehead atoms. The number of hydrogen-bond donors (Lipinski definition) is 0. The molecule has 19 heavy (non-hydrogen) atoms. The van der Waals surface area contributed by atoms with Crippen molar-refractivity contribution in [2.24, 2.45) is 0 Å². The van der Waals surface area contributed by atoms with Crippen LogP contribution in [0.3, 0.4) is 0 Å². The standard InChI is InChI=1S/C14H13N3O2/c1-3-19-14(18)11(8-15)13-10-6-4-5-7-12(10)16-9(2)17-13/h4-7,11H,3H2,1-2H3. The summed E-state index contributed by atoms with van der Waals surface area (Å²) in [6.07, 6.45) is 0. The fourth-order valence-electron chi connectivity index (χ4n) is 1.89. The van der Waals surface area contributed by atoms with Gasteiger partial charge in [-0.3, -0.25) is 4.79 Å². The Hall–Kier alpha value is -2.48. The van der Waals surface area contributed by atoms with E-state index in [2.05, 4.69) is 9.97 Å². The Balaban J connectivity index is 2.60. The Morgan fingerprint density at radius 2 is 2.16 bits per heavy atom. The number of nitrogens with zero attached hydrogens (tertiary/aromatic N) is 3. The summed E-state index contributed by atoms with van der Waals surface area (Å²) in [5.74, 6) is -1.07. The third-order valence-corrected chi connectivity index (χ3v) is 2.67. The van der Waals surface area contributed by atoms with Crippen molar-refractivity contribution in [3.63, 3.8) is 0 Å². The molecule has 0 amide bonds. The summed E-state index contributed by atoms with van der Waals surface area (Å²) in [7, 11) is 0. The number of aromatic nitrogens is 2. The maximum Gasteiger partial charge on any atom is 0.329 e. The highest BCUT2D eigenvalue weighted by atomic mass is 16.5. The first-order chi connectivity index (χ1) is 9.17. The fourth-order valence-corrected chi connectivity index (χ4v) is 1.89. The number of carbonyl (C=O) groups is 1. The van der Waals surface area contributed by atoms with E-state index in [0.29, 0.717) is 16.9 Å². The second kappa shape index (κ2) is 5.44. The number of hydrogen-bond acceptors (Lipinski definition) is 5. The van der Waals surface area contributed by atoms with Crippen LogP contribution in [0.2, 0.25) is 0 Å². The van der Waals surface area contributed by atoms with Crippen LogP contribution in [0.5, 0.6) is 0 Å². The van der Waals surface area contributed by atoms with Gasteiger partial charge in [0.05, 0.1) is 23.9 Å². The highest BCUT2D eigenvalue weighted by molar-refractivity contribution is 5.89. The van der Waals surface area contributed by atoms with Crippen LogP contribution in [-0.4, -0.2) is 22.5 Å². The second-order valence-corrected chi connectivity index (χ2v) is 3.99. The minimum atomic E-state index is -1.02. The van der Waals surface area contributed by atoms with Gasteiger partial charge in [0.15, 0.2) is 5.92 Å². The van der Waals surface area contributed by atoms with E-state index in [1.165, 1.54) is 0 Å². The van der Waals surface area contributed by atoms with E-state index in [9.17, 15) is 10.1 Å². The molecule has 1 atom stereocenters. The summed E-state index contributed by atoms with van der Waals surface area (Å²) in [6.45, 7) is 3.67. The van der Waals surface area contributed by atoms with Gasteiger partial charge in [0.2, 0.25) is 0 Å². The highest BCUT2D eigenvalue weighted by Gasteiger charge is 2.25. The number of fused-ring (bicyclic) bond motifs is 1. The summed E-state index contributed by atoms with van der Waals surface area (Å²) in [4.78, 5) is 20.4. The molecule has 0 saturated carbocycles. The first-order valence-corrected chi connectivity index (χ1v) is 5.97. The van der Waals surface area contributed by atoms with E-state index >= 15 is 0 Å². The van der Waals surface area contributed by atoms with Gasteiger partial charge in [-0.25, -0.2) is 9.97 Å². The molecular weight excluding hydrogens is 242 g/mol. The summed E-state index contributed by atoms with van der Waals surface area (Å²) in [5, 5.41) is 9.92. The molecule has 2 aromatic rings. The summed E-state index contributed by atoms with van der Waals surface area (Å²) >= 11 is 0. The molecule has 0 saturated heterocycles. The normalized spacial score (nSPS) is 11.8. The molecule has 0 N–H and O–H groups in total. The number of aryl methyl sites for hydroxylation is 1. The Bertz CT molecular complexity index is 661. The topological polar surface area (TPSA) is 75.9 Å². The lowest BCUT2D eigenvalue weighted by Crippen LogP contribution is -2.16. The van der Waals surface area contributed by atoms with Crippen LogP contribution >= 0.6 is 0 Å². The van der Waals surface area contributed by atoms with E-state index in [0.717, 1.165) is 5.52 Å². The summed E-state index contributed by atoms with van der Waals surface area (Å²) < 4.78 is 4.92. The summed E-state index contributed by atoms with van der Waals surface area (Å²) in [6, 6.07) is 9.26. The average Bonchev–Trinajstić information content (AvgIpc) is 2.39. The molecule has 1 unspecified atom stereocenters. The van der Waals surface area contributed by atoms with Gasteiger partial charge in [-0.05, 0) is 19.9 Å². The number of carbonyl (C=O) groups excluding carboxylic acids is 1. The molecule has 0 fully saturated rings. The second-order valence-electron chi connectivity index (χ2n) is 3.99. The van der Waals surface area contributed by atoms with Crippen LogP contribution in [0.25, 0.3) is 10.9 Å². The van der Waals surface area contributed by atoms with Gasteiger partial charge in [-0.2, -0.15) is 5.26 Å². The SMILES string of the molecule is CCOC(=O)C(C#N)c1nc(C)nc2ccccc12.